The van der Waals surface area contributed by atoms with E-state index in [0.717, 1.165) is 28.9 Å². The number of hydrogen-bond donors (Lipinski definition) is 1. The molecule has 0 amide bonds. The topological polar surface area (TPSA) is 29.5 Å². The van der Waals surface area contributed by atoms with Gasteiger partial charge in [0.25, 0.3) is 0 Å². The van der Waals surface area contributed by atoms with Gasteiger partial charge >= 0.3 is 0 Å². The Bertz CT molecular complexity index is 862. The monoisotopic (exact) mass is 330 g/mol. The second kappa shape index (κ2) is 7.71. The van der Waals surface area contributed by atoms with Gasteiger partial charge in [0.05, 0.1) is 7.11 Å². The molecule has 0 radical (unpaired) electrons. The summed E-state index contributed by atoms with van der Waals surface area (Å²) in [5.74, 6) is 1.10. The molecule has 0 atom stereocenters. The molecule has 0 aliphatic rings. The second-order valence-electron chi connectivity index (χ2n) is 5.85. The summed E-state index contributed by atoms with van der Waals surface area (Å²) in [6, 6.07) is 25.9. The minimum Gasteiger partial charge on any atom is -0.508 e. The number of phenols is 1. The first-order valence-electron chi connectivity index (χ1n) is 8.45. The van der Waals surface area contributed by atoms with Gasteiger partial charge < -0.3 is 9.84 Å². The molecule has 0 aromatic heterocycles. The van der Waals surface area contributed by atoms with Gasteiger partial charge in [0.2, 0.25) is 0 Å². The van der Waals surface area contributed by atoms with Crippen LogP contribution in [0.3, 0.4) is 0 Å². The summed E-state index contributed by atoms with van der Waals surface area (Å²) >= 11 is 0. The molecular formula is C23H22O2. The molecule has 0 fully saturated rings. The molecule has 3 aromatic rings. The lowest BCUT2D eigenvalue weighted by molar-refractivity contribution is 0.415. The lowest BCUT2D eigenvalue weighted by Gasteiger charge is -2.17. The number of ether oxygens (including phenoxy) is 1. The van der Waals surface area contributed by atoms with Gasteiger partial charge in [-0.25, -0.2) is 0 Å². The van der Waals surface area contributed by atoms with Gasteiger partial charge in [-0.2, -0.15) is 0 Å². The Morgan fingerprint density at radius 1 is 0.800 bits per heavy atom. The quantitative estimate of drug-likeness (QED) is 0.602. The number of hydrogen-bond acceptors (Lipinski definition) is 2. The van der Waals surface area contributed by atoms with Crippen LogP contribution in [0.4, 0.5) is 0 Å². The minimum atomic E-state index is 0.270. The van der Waals surface area contributed by atoms with E-state index in [1.54, 1.807) is 13.2 Å². The maximum Gasteiger partial charge on any atom is 0.118 e. The second-order valence-corrected chi connectivity index (χ2v) is 5.85. The van der Waals surface area contributed by atoms with Crippen molar-refractivity contribution in [1.82, 2.24) is 0 Å². The van der Waals surface area contributed by atoms with Crippen molar-refractivity contribution >= 4 is 11.1 Å². The van der Waals surface area contributed by atoms with E-state index in [0.29, 0.717) is 0 Å². The summed E-state index contributed by atoms with van der Waals surface area (Å²) in [4.78, 5) is 0. The van der Waals surface area contributed by atoms with Crippen molar-refractivity contribution in [1.29, 1.82) is 0 Å². The van der Waals surface area contributed by atoms with Gasteiger partial charge in [0, 0.05) is 0 Å². The number of methoxy groups -OCH3 is 1. The summed E-state index contributed by atoms with van der Waals surface area (Å²) in [6.45, 7) is 2.16. The lowest BCUT2D eigenvalue weighted by Crippen LogP contribution is -1.95. The normalized spacial score (nSPS) is 11.8. The van der Waals surface area contributed by atoms with Crippen LogP contribution in [0.2, 0.25) is 0 Å². The number of aromatic hydroxyl groups is 1. The van der Waals surface area contributed by atoms with Gasteiger partial charge in [0.15, 0.2) is 0 Å². The Morgan fingerprint density at radius 2 is 1.48 bits per heavy atom. The van der Waals surface area contributed by atoms with E-state index in [4.69, 9.17) is 4.74 Å². The van der Waals surface area contributed by atoms with Gasteiger partial charge in [-0.1, -0.05) is 61.5 Å². The Balaban J connectivity index is 2.25. The van der Waals surface area contributed by atoms with Crippen LogP contribution in [0.5, 0.6) is 11.5 Å². The number of rotatable bonds is 5. The third-order valence-corrected chi connectivity index (χ3v) is 4.29. The Morgan fingerprint density at radius 3 is 2.08 bits per heavy atom. The molecule has 0 unspecified atom stereocenters. The van der Waals surface area contributed by atoms with Crippen LogP contribution < -0.4 is 4.74 Å². The van der Waals surface area contributed by atoms with Crippen molar-refractivity contribution < 1.29 is 9.84 Å². The van der Waals surface area contributed by atoms with Crippen LogP contribution in [0.1, 0.15) is 30.0 Å². The van der Waals surface area contributed by atoms with Crippen molar-refractivity contribution in [2.24, 2.45) is 0 Å². The van der Waals surface area contributed by atoms with Crippen LogP contribution in [0.15, 0.2) is 78.9 Å². The van der Waals surface area contributed by atoms with Crippen LogP contribution in [-0.2, 0) is 0 Å². The van der Waals surface area contributed by atoms with Crippen molar-refractivity contribution in [2.45, 2.75) is 13.3 Å². The molecule has 0 spiro atoms. The number of allylic oxidation sites excluding steroid dienone is 1. The van der Waals surface area contributed by atoms with E-state index in [-0.39, 0.29) is 5.75 Å². The van der Waals surface area contributed by atoms with E-state index in [9.17, 15) is 5.11 Å². The highest BCUT2D eigenvalue weighted by Crippen LogP contribution is 2.35. The SMILES string of the molecule is CC/C(=C(/c1ccc(OC)cc1)c1cccc(O)c1)c1ccccc1. The van der Waals surface area contributed by atoms with Crippen LogP contribution in [0.25, 0.3) is 11.1 Å². The number of benzene rings is 3. The van der Waals surface area contributed by atoms with Crippen LogP contribution in [0, 0.1) is 0 Å². The van der Waals surface area contributed by atoms with Crippen molar-refractivity contribution in [3.05, 3.63) is 95.6 Å². The van der Waals surface area contributed by atoms with E-state index in [1.165, 1.54) is 11.1 Å². The first kappa shape index (κ1) is 16.8. The average Bonchev–Trinajstić information content (AvgIpc) is 2.67. The molecule has 0 saturated carbocycles. The molecule has 0 bridgehead atoms. The van der Waals surface area contributed by atoms with Crippen LogP contribution in [-0.4, -0.2) is 12.2 Å². The summed E-state index contributed by atoms with van der Waals surface area (Å²) in [6.07, 6.45) is 0.890. The highest BCUT2D eigenvalue weighted by atomic mass is 16.5. The molecule has 0 aliphatic carbocycles. The predicted molar refractivity (Wildman–Crippen MR) is 104 cm³/mol. The predicted octanol–water partition coefficient (Wildman–Crippen LogP) is 5.77. The van der Waals surface area contributed by atoms with Crippen molar-refractivity contribution in [3.8, 4) is 11.5 Å². The molecule has 1 N–H and O–H groups in total. The molecule has 0 heterocycles. The third-order valence-electron chi connectivity index (χ3n) is 4.29. The van der Waals surface area contributed by atoms with E-state index in [1.807, 2.05) is 36.4 Å². The smallest absolute Gasteiger partial charge is 0.118 e. The molecule has 3 aromatic carbocycles. The molecule has 0 aliphatic heterocycles. The highest BCUT2D eigenvalue weighted by molar-refractivity contribution is 5.98. The molecule has 2 nitrogen and oxygen atoms in total. The average molecular weight is 330 g/mol. The summed E-state index contributed by atoms with van der Waals surface area (Å²) in [7, 11) is 1.67. The zero-order chi connectivity index (χ0) is 17.6. The zero-order valence-corrected chi connectivity index (χ0v) is 14.6. The summed E-state index contributed by atoms with van der Waals surface area (Å²) < 4.78 is 5.29. The Kier molecular flexibility index (Phi) is 5.20. The fourth-order valence-electron chi connectivity index (χ4n) is 3.10. The first-order valence-corrected chi connectivity index (χ1v) is 8.45. The highest BCUT2D eigenvalue weighted by Gasteiger charge is 2.13. The van der Waals surface area contributed by atoms with Gasteiger partial charge in [0.1, 0.15) is 11.5 Å². The van der Waals surface area contributed by atoms with E-state index < -0.39 is 0 Å². The van der Waals surface area contributed by atoms with E-state index >= 15 is 0 Å². The molecule has 25 heavy (non-hydrogen) atoms. The maximum atomic E-state index is 9.97. The minimum absolute atomic E-state index is 0.270. The van der Waals surface area contributed by atoms with Gasteiger partial charge in [-0.05, 0) is 58.5 Å². The fraction of sp³-hybridized carbons (Fsp3) is 0.130. The Hall–Kier alpha value is -3.00. The first-order chi connectivity index (χ1) is 12.2. The third kappa shape index (κ3) is 3.74. The zero-order valence-electron chi connectivity index (χ0n) is 14.6. The number of phenolic OH excluding ortho intramolecular Hbond substituents is 1. The Labute approximate surface area is 149 Å². The van der Waals surface area contributed by atoms with Crippen molar-refractivity contribution in [3.63, 3.8) is 0 Å². The van der Waals surface area contributed by atoms with Gasteiger partial charge in [-0.3, -0.25) is 0 Å². The standard InChI is InChI=1S/C23H22O2/c1-3-22(17-8-5-4-6-9-17)23(19-10-7-11-20(24)16-19)18-12-14-21(25-2)15-13-18/h4-16,24H,3H2,1-2H3/b23-22+. The molecule has 126 valence electrons. The van der Waals surface area contributed by atoms with Gasteiger partial charge in [-0.15, -0.1) is 0 Å². The largest absolute Gasteiger partial charge is 0.508 e. The fourth-order valence-corrected chi connectivity index (χ4v) is 3.10. The summed E-state index contributed by atoms with van der Waals surface area (Å²) in [5.41, 5.74) is 5.68. The maximum absolute atomic E-state index is 9.97. The van der Waals surface area contributed by atoms with Crippen molar-refractivity contribution in [2.75, 3.05) is 7.11 Å². The van der Waals surface area contributed by atoms with Crippen LogP contribution >= 0.6 is 0 Å². The molecule has 0 saturated heterocycles. The molecular weight excluding hydrogens is 308 g/mol. The lowest BCUT2D eigenvalue weighted by atomic mass is 9.88. The molecule has 2 heteroatoms. The summed E-state index contributed by atoms with van der Waals surface area (Å²) in [5, 5.41) is 9.97. The molecule has 3 rings (SSSR count). The van der Waals surface area contributed by atoms with E-state index in [2.05, 4.69) is 43.3 Å².